The Hall–Kier alpha value is -1.58. The maximum absolute atomic E-state index is 12.1. The van der Waals surface area contributed by atoms with E-state index >= 15 is 0 Å². The number of carbonyl (C=O) groups is 1. The Labute approximate surface area is 155 Å². The topological polar surface area (TPSA) is 29.1 Å². The number of carbonyl (C=O) groups excluding carboxylic acids is 1. The number of para-hydroxylation sites is 1. The van der Waals surface area contributed by atoms with Crippen molar-refractivity contribution in [1.82, 2.24) is 0 Å². The van der Waals surface area contributed by atoms with E-state index in [1.165, 1.54) is 40.1 Å². The van der Waals surface area contributed by atoms with Crippen molar-refractivity contribution in [1.29, 1.82) is 0 Å². The lowest BCUT2D eigenvalue weighted by molar-refractivity contribution is -0.940. The Bertz CT molecular complexity index is 814. The third-order valence-electron chi connectivity index (χ3n) is 7.49. The molecule has 1 N–H and O–H groups in total. The van der Waals surface area contributed by atoms with Crippen molar-refractivity contribution < 1.29 is 21.7 Å². The number of hydrogen-bond donors (Lipinski definition) is 1. The van der Waals surface area contributed by atoms with Gasteiger partial charge in [-0.25, -0.2) is 0 Å². The Morgan fingerprint density at radius 2 is 2.16 bits per heavy atom. The molecular weight excluding hydrogens is 332 g/mol. The molecule has 1 aliphatic carbocycles. The molecule has 0 aromatic heterocycles. The summed E-state index contributed by atoms with van der Waals surface area (Å²) in [4.78, 5) is 12.1. The van der Waals surface area contributed by atoms with Gasteiger partial charge in [0.15, 0.2) is 0 Å². The summed E-state index contributed by atoms with van der Waals surface area (Å²) in [6.07, 6.45) is 5.70. The summed E-state index contributed by atoms with van der Waals surface area (Å²) in [5.41, 5.74) is 6.41. The fourth-order valence-electron chi connectivity index (χ4n) is 6.37. The third kappa shape index (κ3) is 1.78. The minimum absolute atomic E-state index is 0. The number of hydrogen-bond acceptors (Lipinski definition) is 2. The van der Waals surface area contributed by atoms with E-state index in [1.54, 1.807) is 0 Å². The molecule has 4 aliphatic rings. The van der Waals surface area contributed by atoms with E-state index in [4.69, 9.17) is 0 Å². The van der Waals surface area contributed by atoms with Gasteiger partial charge in [0.25, 0.3) is 0 Å². The van der Waals surface area contributed by atoms with Crippen LogP contribution in [0.2, 0.25) is 0 Å². The van der Waals surface area contributed by atoms with Crippen LogP contribution >= 0.6 is 0 Å². The first kappa shape index (κ1) is 16.9. The van der Waals surface area contributed by atoms with Crippen molar-refractivity contribution in [2.75, 3.05) is 25.0 Å². The van der Waals surface area contributed by atoms with Crippen LogP contribution in [0.15, 0.2) is 47.2 Å². The Balaban J connectivity index is 0.00000157. The summed E-state index contributed by atoms with van der Waals surface area (Å²) in [7, 11) is 0. The number of nitrogens with zero attached hydrogens (tertiary/aromatic N) is 1. The highest BCUT2D eigenvalue weighted by Crippen LogP contribution is 2.63. The molecule has 0 saturated carbocycles. The molecule has 0 amide bonds. The molecule has 5 rings (SSSR count). The summed E-state index contributed by atoms with van der Waals surface area (Å²) < 4.78 is 1.20. The Morgan fingerprint density at radius 3 is 2.88 bits per heavy atom. The molecule has 3 nitrogen and oxygen atoms in total. The molecule has 0 radical (unpaired) electrons. The van der Waals surface area contributed by atoms with Gasteiger partial charge < -0.3 is 22.2 Å². The highest BCUT2D eigenvalue weighted by Gasteiger charge is 2.67. The van der Waals surface area contributed by atoms with E-state index in [0.29, 0.717) is 12.0 Å². The zero-order chi connectivity index (χ0) is 16.5. The number of benzene rings is 1. The highest BCUT2D eigenvalue weighted by atomic mass is 35.5. The van der Waals surface area contributed by atoms with Gasteiger partial charge in [0.1, 0.15) is 18.9 Å². The average Bonchev–Trinajstić information content (AvgIpc) is 3.15. The van der Waals surface area contributed by atoms with Crippen molar-refractivity contribution in [2.24, 2.45) is 5.92 Å². The van der Waals surface area contributed by atoms with Crippen LogP contribution < -0.4 is 17.7 Å². The zero-order valence-corrected chi connectivity index (χ0v) is 15.6. The van der Waals surface area contributed by atoms with Gasteiger partial charge in [-0.3, -0.25) is 4.79 Å². The molecule has 3 aliphatic heterocycles. The Morgan fingerprint density at radius 1 is 1.36 bits per heavy atom. The van der Waals surface area contributed by atoms with Gasteiger partial charge in [0.05, 0.1) is 18.5 Å². The summed E-state index contributed by atoms with van der Waals surface area (Å²) in [6, 6.07) is 9.33. The number of quaternary nitrogens is 1. The number of rotatable bonds is 2. The van der Waals surface area contributed by atoms with Crippen molar-refractivity contribution in [3.63, 3.8) is 0 Å². The summed E-state index contributed by atoms with van der Waals surface area (Å²) in [5, 5.41) is 3.68. The van der Waals surface area contributed by atoms with E-state index in [-0.39, 0.29) is 17.8 Å². The lowest BCUT2D eigenvalue weighted by atomic mass is 9.61. The van der Waals surface area contributed by atoms with E-state index in [9.17, 15) is 4.79 Å². The number of likely N-dealkylation sites (N-methyl/N-ethyl adjacent to an activating group) is 1. The van der Waals surface area contributed by atoms with Crippen molar-refractivity contribution in [3.05, 3.63) is 52.7 Å². The van der Waals surface area contributed by atoms with Crippen molar-refractivity contribution in [3.8, 4) is 0 Å². The normalized spacial score (nSPS) is 38.7. The maximum Gasteiger partial charge on any atom is 0.148 e. The first-order valence-electron chi connectivity index (χ1n) is 9.27. The molecule has 132 valence electrons. The van der Waals surface area contributed by atoms with Gasteiger partial charge >= 0.3 is 0 Å². The van der Waals surface area contributed by atoms with E-state index in [1.807, 2.05) is 0 Å². The van der Waals surface area contributed by atoms with E-state index in [0.717, 1.165) is 31.2 Å². The number of anilines is 1. The van der Waals surface area contributed by atoms with Crippen molar-refractivity contribution >= 4 is 12.0 Å². The summed E-state index contributed by atoms with van der Waals surface area (Å²) in [5.74, 6) is 0.318. The van der Waals surface area contributed by atoms with Crippen LogP contribution in [0.25, 0.3) is 0 Å². The third-order valence-corrected chi connectivity index (χ3v) is 7.49. The van der Waals surface area contributed by atoms with Gasteiger partial charge in [0, 0.05) is 35.7 Å². The predicted octanol–water partition coefficient (Wildman–Crippen LogP) is 0.396. The minimum atomic E-state index is 0. The van der Waals surface area contributed by atoms with Crippen LogP contribution in [0.4, 0.5) is 5.69 Å². The van der Waals surface area contributed by atoms with Crippen molar-refractivity contribution in [2.45, 2.75) is 38.1 Å². The van der Waals surface area contributed by atoms with Crippen LogP contribution in [0, 0.1) is 5.92 Å². The van der Waals surface area contributed by atoms with Crippen LogP contribution in [0.3, 0.4) is 0 Å². The van der Waals surface area contributed by atoms with Gasteiger partial charge in [-0.1, -0.05) is 24.3 Å². The van der Waals surface area contributed by atoms with Crippen LogP contribution in [-0.4, -0.2) is 36.4 Å². The number of fused-ring (bicyclic) bond motifs is 2. The maximum atomic E-state index is 12.1. The second-order valence-corrected chi connectivity index (χ2v) is 7.92. The zero-order valence-electron chi connectivity index (χ0n) is 14.9. The minimum Gasteiger partial charge on any atom is -1.00 e. The van der Waals surface area contributed by atoms with E-state index in [2.05, 4.69) is 49.5 Å². The Kier molecular flexibility index (Phi) is 3.68. The molecule has 1 aromatic rings. The molecule has 1 aromatic carbocycles. The molecule has 4 heteroatoms. The van der Waals surface area contributed by atoms with Gasteiger partial charge in [-0.15, -0.1) is 0 Å². The quantitative estimate of drug-likeness (QED) is 0.472. The number of piperidine rings is 1. The van der Waals surface area contributed by atoms with Crippen LogP contribution in [0.5, 0.6) is 0 Å². The number of halogens is 1. The van der Waals surface area contributed by atoms with Crippen LogP contribution in [0.1, 0.15) is 32.3 Å². The lowest BCUT2D eigenvalue weighted by Gasteiger charge is -2.53. The summed E-state index contributed by atoms with van der Waals surface area (Å²) in [6.45, 7) is 8.01. The second kappa shape index (κ2) is 5.46. The fraction of sp³-hybridized carbons (Fsp3) is 0.476. The fourth-order valence-corrected chi connectivity index (χ4v) is 6.37. The highest BCUT2D eigenvalue weighted by molar-refractivity contribution is 5.84. The number of allylic oxidation sites excluding steroid dienone is 2. The smallest absolute Gasteiger partial charge is 0.148 e. The first-order valence-corrected chi connectivity index (χ1v) is 9.27. The molecule has 2 saturated heterocycles. The molecule has 25 heavy (non-hydrogen) atoms. The average molecular weight is 357 g/mol. The summed E-state index contributed by atoms with van der Waals surface area (Å²) >= 11 is 0. The molecule has 2 unspecified atom stereocenters. The van der Waals surface area contributed by atoms with Gasteiger partial charge in [0.2, 0.25) is 0 Å². The van der Waals surface area contributed by atoms with Gasteiger partial charge in [-0.2, -0.15) is 0 Å². The van der Waals surface area contributed by atoms with Gasteiger partial charge in [-0.05, 0) is 31.1 Å². The number of nitrogens with one attached hydrogen (secondary N) is 1. The molecule has 3 heterocycles. The SMILES string of the molecule is CC=C1C[N+]2(CC)CCC34C(=C(C=O)[C@H]1C[C@@H]32)Nc1ccccc14.[Cl-]. The molecule has 4 atom stereocenters. The van der Waals surface area contributed by atoms with Crippen LogP contribution in [-0.2, 0) is 10.2 Å². The standard InChI is InChI=1S/C21H24N2O.ClH/c1-3-14-12-23(4-2)10-9-21-17-7-5-6-8-18(17)22-20(21)16(13-24)15(14)11-19(21)23;/h3,5-8,13,15,19H,4,9-12H2,1-2H3;1H/t15-,19-,21?,23?;/m0./s1. The molecule has 2 fully saturated rings. The second-order valence-electron chi connectivity index (χ2n) is 7.92. The molecular formula is C21H25ClN2O. The number of aldehydes is 1. The monoisotopic (exact) mass is 356 g/mol. The lowest BCUT2D eigenvalue weighted by Crippen LogP contribution is -3.00. The molecule has 2 bridgehead atoms. The van der Waals surface area contributed by atoms with E-state index < -0.39 is 0 Å². The largest absolute Gasteiger partial charge is 1.00 e. The molecule has 1 spiro atoms. The predicted molar refractivity (Wildman–Crippen MR) is 95.6 cm³/mol. The first-order chi connectivity index (χ1) is 11.7.